The zero-order valence-electron chi connectivity index (χ0n) is 10.6. The fourth-order valence-electron chi connectivity index (χ4n) is 1.49. The minimum absolute atomic E-state index is 0. The molecular weight excluding hydrogens is 260 g/mol. The molecule has 0 fully saturated rings. The second-order valence-electron chi connectivity index (χ2n) is 3.68. The first-order valence-corrected chi connectivity index (χ1v) is 5.26. The Bertz CT molecular complexity index is 502. The van der Waals surface area contributed by atoms with Crippen molar-refractivity contribution in [3.05, 3.63) is 47.5 Å². The van der Waals surface area contributed by atoms with Gasteiger partial charge in [-0.2, -0.15) is 0 Å². The van der Waals surface area contributed by atoms with Crippen LogP contribution in [0.2, 0.25) is 0 Å². The van der Waals surface area contributed by atoms with Gasteiger partial charge < -0.3 is 10.3 Å². The van der Waals surface area contributed by atoms with Gasteiger partial charge in [0, 0.05) is 6.20 Å². The van der Waals surface area contributed by atoms with Gasteiger partial charge in [0.15, 0.2) is 0 Å². The summed E-state index contributed by atoms with van der Waals surface area (Å²) in [7, 11) is 0. The maximum atomic E-state index is 12.7. The molecule has 19 heavy (non-hydrogen) atoms. The van der Waals surface area contributed by atoms with Crippen molar-refractivity contribution in [1.82, 2.24) is 15.0 Å². The predicted octanol–water partition coefficient (Wildman–Crippen LogP) is -1.66. The second kappa shape index (κ2) is 8.92. The molecule has 0 bridgehead atoms. The number of hydrogen-bond donors (Lipinski definition) is 0. The van der Waals surface area contributed by atoms with E-state index in [-0.39, 0.29) is 40.9 Å². The van der Waals surface area contributed by atoms with Crippen molar-refractivity contribution in [3.63, 3.8) is 0 Å². The molecule has 1 heterocycles. The molecule has 0 spiro atoms. The maximum Gasteiger partial charge on any atom is 1.00 e. The van der Waals surface area contributed by atoms with Crippen LogP contribution in [-0.2, 0) is 17.8 Å². The minimum atomic E-state index is -0.255. The van der Waals surface area contributed by atoms with Gasteiger partial charge in [-0.05, 0) is 24.1 Å². The summed E-state index contributed by atoms with van der Waals surface area (Å²) in [5, 5.41) is 7.86. The summed E-state index contributed by atoms with van der Waals surface area (Å²) < 4.78 is 14.4. The number of nitrogens with zero attached hydrogens (tertiary/aromatic N) is 3. The topological polar surface area (TPSA) is 77.8 Å². The Hall–Kier alpha value is -1.08. The Morgan fingerprint density at radius 3 is 2.58 bits per heavy atom. The van der Waals surface area contributed by atoms with Gasteiger partial charge in [0.25, 0.3) is 0 Å². The van der Waals surface area contributed by atoms with Crippen LogP contribution in [0.3, 0.4) is 0 Å². The average molecular weight is 272 g/mol. The van der Waals surface area contributed by atoms with Crippen LogP contribution in [0.5, 0.6) is 0 Å². The van der Waals surface area contributed by atoms with E-state index < -0.39 is 0 Å². The third kappa shape index (κ3) is 5.61. The largest absolute Gasteiger partial charge is 1.00 e. The summed E-state index contributed by atoms with van der Waals surface area (Å²) in [4.78, 5) is 10.1. The van der Waals surface area contributed by atoms with Crippen molar-refractivity contribution in [2.24, 2.45) is 0 Å². The molecule has 0 amide bonds. The van der Waals surface area contributed by atoms with Gasteiger partial charge in [-0.1, -0.05) is 17.3 Å². The van der Waals surface area contributed by atoms with Crippen LogP contribution in [0.15, 0.2) is 30.5 Å². The molecule has 0 radical (unpaired) electrons. The van der Waals surface area contributed by atoms with Crippen molar-refractivity contribution >= 4 is 6.29 Å². The van der Waals surface area contributed by atoms with Crippen LogP contribution in [0, 0.1) is 5.82 Å². The summed E-state index contributed by atoms with van der Waals surface area (Å²) in [6, 6.07) is 6.23. The van der Waals surface area contributed by atoms with Crippen molar-refractivity contribution in [2.75, 3.05) is 0 Å². The van der Waals surface area contributed by atoms with Crippen LogP contribution in [0.4, 0.5) is 4.39 Å². The first-order chi connectivity index (χ1) is 8.28. The Morgan fingerprint density at radius 1 is 1.26 bits per heavy atom. The molecule has 0 aliphatic heterocycles. The Kier molecular flexibility index (Phi) is 8.42. The molecule has 0 atom stereocenters. The fraction of sp³-hybridized carbons (Fsp3) is 0.250. The van der Waals surface area contributed by atoms with Crippen LogP contribution >= 0.6 is 0 Å². The Labute approximate surface area is 132 Å². The van der Waals surface area contributed by atoms with Gasteiger partial charge in [0.05, 0.1) is 12.2 Å². The molecule has 1 aromatic carbocycles. The second-order valence-corrected chi connectivity index (χ2v) is 3.68. The number of aromatic nitrogens is 3. The van der Waals surface area contributed by atoms with E-state index in [1.54, 1.807) is 23.0 Å². The zero-order valence-corrected chi connectivity index (χ0v) is 12.6. The molecule has 0 saturated carbocycles. The summed E-state index contributed by atoms with van der Waals surface area (Å²) in [5.41, 5.74) is 1.71. The van der Waals surface area contributed by atoms with E-state index in [0.29, 0.717) is 19.4 Å². The van der Waals surface area contributed by atoms with Crippen LogP contribution < -0.4 is 29.6 Å². The van der Waals surface area contributed by atoms with E-state index in [1.165, 1.54) is 12.1 Å². The normalized spacial score (nSPS) is 9.32. The van der Waals surface area contributed by atoms with Gasteiger partial charge >= 0.3 is 29.6 Å². The minimum Gasteiger partial charge on any atom is -0.870 e. The zero-order chi connectivity index (χ0) is 12.1. The van der Waals surface area contributed by atoms with E-state index >= 15 is 0 Å². The molecule has 1 N–H and O–H groups in total. The number of carbonyl (C=O) groups excluding carboxylic acids is 1. The number of halogens is 1. The first kappa shape index (κ1) is 17.9. The Morgan fingerprint density at radius 2 is 1.95 bits per heavy atom. The number of aryl methyl sites for hydroxylation is 1. The first-order valence-electron chi connectivity index (χ1n) is 5.26. The predicted molar refractivity (Wildman–Crippen MR) is 61.5 cm³/mol. The van der Waals surface area contributed by atoms with Gasteiger partial charge in [0.1, 0.15) is 5.82 Å². The molecule has 96 valence electrons. The molecule has 1 aromatic heterocycles. The molecule has 2 rings (SSSR count). The molecule has 5 nitrogen and oxygen atoms in total. The monoisotopic (exact) mass is 272 g/mol. The molecule has 2 aromatic rings. The van der Waals surface area contributed by atoms with Crippen molar-refractivity contribution < 1.29 is 44.2 Å². The summed E-state index contributed by atoms with van der Waals surface area (Å²) in [6.45, 7) is 0.540. The summed E-state index contributed by atoms with van der Waals surface area (Å²) >= 11 is 0. The van der Waals surface area contributed by atoms with E-state index in [1.807, 2.05) is 6.29 Å². The molecule has 7 heteroatoms. The van der Waals surface area contributed by atoms with Gasteiger partial charge in [0.2, 0.25) is 0 Å². The molecule has 0 aliphatic rings. The summed E-state index contributed by atoms with van der Waals surface area (Å²) in [5.74, 6) is -0.255. The van der Waals surface area contributed by atoms with Gasteiger partial charge in [-0.25, -0.2) is 9.07 Å². The van der Waals surface area contributed by atoms with Gasteiger partial charge in [-0.3, -0.25) is 6.29 Å². The quantitative estimate of drug-likeness (QED) is 0.482. The van der Waals surface area contributed by atoms with Crippen LogP contribution in [0.1, 0.15) is 17.7 Å². The smallest absolute Gasteiger partial charge is 0.870 e. The van der Waals surface area contributed by atoms with E-state index in [9.17, 15) is 9.18 Å². The van der Waals surface area contributed by atoms with Crippen molar-refractivity contribution in [1.29, 1.82) is 0 Å². The average Bonchev–Trinajstić information content (AvgIpc) is 2.77. The Balaban J connectivity index is 0.00000162. The van der Waals surface area contributed by atoms with Crippen LogP contribution in [-0.4, -0.2) is 26.8 Å². The van der Waals surface area contributed by atoms with Crippen LogP contribution in [0.25, 0.3) is 0 Å². The molecule has 0 aliphatic carbocycles. The molecule has 0 unspecified atom stereocenters. The molecule has 0 saturated heterocycles. The van der Waals surface area contributed by atoms with Gasteiger partial charge in [-0.15, -0.1) is 11.5 Å². The van der Waals surface area contributed by atoms with E-state index in [0.717, 1.165) is 11.3 Å². The van der Waals surface area contributed by atoms with Crippen molar-refractivity contribution in [2.45, 2.75) is 19.4 Å². The third-order valence-corrected chi connectivity index (χ3v) is 2.33. The SMILES string of the molecule is O=[C-]CCc1cn(Cc2ccc(F)cc2)nn1.[Na+].[OH-]. The number of rotatable bonds is 5. The van der Waals surface area contributed by atoms with E-state index in [4.69, 9.17) is 0 Å². The fourth-order valence-corrected chi connectivity index (χ4v) is 1.49. The maximum absolute atomic E-state index is 12.7. The molecular formula is C12H12FN3NaO2-. The number of benzene rings is 1. The van der Waals surface area contributed by atoms with E-state index in [2.05, 4.69) is 10.3 Å². The summed E-state index contributed by atoms with van der Waals surface area (Å²) in [6.07, 6.45) is 4.47. The standard InChI is InChI=1S/C12H11FN3O.Na.H2O/c13-11-5-3-10(4-6-11)8-16-9-12(14-15-16)2-1-7-17;;/h3-6,9H,1-2,8H2;;1H2/q-1;+1;/p-1. The van der Waals surface area contributed by atoms with Crippen molar-refractivity contribution in [3.8, 4) is 0 Å². The third-order valence-electron chi connectivity index (χ3n) is 2.33. The number of hydrogen-bond acceptors (Lipinski definition) is 4.